The topological polar surface area (TPSA) is 48.6 Å². The second kappa shape index (κ2) is 7.18. The van der Waals surface area contributed by atoms with Crippen molar-refractivity contribution >= 4 is 16.8 Å². The van der Waals surface area contributed by atoms with Crippen LogP contribution in [0.1, 0.15) is 25.3 Å². The van der Waals surface area contributed by atoms with Crippen molar-refractivity contribution in [2.75, 3.05) is 32.8 Å². The van der Waals surface area contributed by atoms with Crippen LogP contribution in [0.4, 0.5) is 0 Å². The number of nitrogens with one attached hydrogen (secondary N) is 1. The molecule has 2 saturated heterocycles. The average Bonchev–Trinajstić information content (AvgIpc) is 3.05. The Morgan fingerprint density at radius 3 is 2.84 bits per heavy atom. The Morgan fingerprint density at radius 1 is 1.24 bits per heavy atom. The van der Waals surface area contributed by atoms with E-state index in [-0.39, 0.29) is 5.91 Å². The van der Waals surface area contributed by atoms with Gasteiger partial charge < -0.3 is 14.6 Å². The lowest BCUT2D eigenvalue weighted by Gasteiger charge is -2.41. The second-order valence-electron chi connectivity index (χ2n) is 7.32. The predicted octanol–water partition coefficient (Wildman–Crippen LogP) is 2.42. The number of morpholine rings is 1. The van der Waals surface area contributed by atoms with Crippen molar-refractivity contribution in [3.63, 3.8) is 0 Å². The number of carbonyl (C=O) groups is 1. The SMILES string of the molecule is C[C@H]1CN(C2CCN(C(=O)Cc3c[nH]c4ccccc34)CC2)CCO1. The molecule has 1 aromatic heterocycles. The Kier molecular flexibility index (Phi) is 4.77. The fourth-order valence-corrected chi connectivity index (χ4v) is 4.21. The van der Waals surface area contributed by atoms with E-state index in [4.69, 9.17) is 4.74 Å². The summed E-state index contributed by atoms with van der Waals surface area (Å²) < 4.78 is 5.64. The Bertz CT molecular complexity index is 733. The van der Waals surface area contributed by atoms with Crippen molar-refractivity contribution in [2.24, 2.45) is 0 Å². The molecule has 2 aliphatic heterocycles. The zero-order valence-electron chi connectivity index (χ0n) is 14.9. The molecular formula is C20H27N3O2. The van der Waals surface area contributed by atoms with Crippen LogP contribution in [0.3, 0.4) is 0 Å². The quantitative estimate of drug-likeness (QED) is 0.933. The summed E-state index contributed by atoms with van der Waals surface area (Å²) in [4.78, 5) is 20.6. The summed E-state index contributed by atoms with van der Waals surface area (Å²) in [6.45, 7) is 6.77. The molecule has 1 amide bonds. The van der Waals surface area contributed by atoms with E-state index < -0.39 is 0 Å². The summed E-state index contributed by atoms with van der Waals surface area (Å²) in [5.74, 6) is 0.249. The van der Waals surface area contributed by atoms with Gasteiger partial charge in [0.15, 0.2) is 0 Å². The van der Waals surface area contributed by atoms with Gasteiger partial charge in [-0.15, -0.1) is 0 Å². The van der Waals surface area contributed by atoms with Crippen LogP contribution in [-0.2, 0) is 16.0 Å². The number of amides is 1. The highest BCUT2D eigenvalue weighted by atomic mass is 16.5. The molecule has 1 aromatic carbocycles. The summed E-state index contributed by atoms with van der Waals surface area (Å²) in [6.07, 6.45) is 4.95. The molecule has 1 atom stereocenters. The van der Waals surface area contributed by atoms with Crippen LogP contribution in [-0.4, -0.2) is 65.6 Å². The van der Waals surface area contributed by atoms with Crippen LogP contribution >= 0.6 is 0 Å². The van der Waals surface area contributed by atoms with Crippen molar-refractivity contribution in [1.82, 2.24) is 14.8 Å². The number of likely N-dealkylation sites (tertiary alicyclic amines) is 1. The van der Waals surface area contributed by atoms with E-state index in [0.29, 0.717) is 18.6 Å². The van der Waals surface area contributed by atoms with E-state index in [9.17, 15) is 4.79 Å². The first kappa shape index (κ1) is 16.6. The van der Waals surface area contributed by atoms with Gasteiger partial charge in [0.25, 0.3) is 0 Å². The van der Waals surface area contributed by atoms with E-state index in [1.54, 1.807) is 0 Å². The normalized spacial score (nSPS) is 23.2. The minimum atomic E-state index is 0.249. The number of piperidine rings is 1. The van der Waals surface area contributed by atoms with E-state index >= 15 is 0 Å². The van der Waals surface area contributed by atoms with Crippen molar-refractivity contribution < 1.29 is 9.53 Å². The molecule has 3 heterocycles. The number of H-pyrrole nitrogens is 1. The fraction of sp³-hybridized carbons (Fsp3) is 0.550. The number of fused-ring (bicyclic) bond motifs is 1. The molecule has 0 radical (unpaired) electrons. The summed E-state index contributed by atoms with van der Waals surface area (Å²) >= 11 is 0. The predicted molar refractivity (Wildman–Crippen MR) is 98.6 cm³/mol. The summed E-state index contributed by atoms with van der Waals surface area (Å²) in [6, 6.07) is 8.78. The van der Waals surface area contributed by atoms with Gasteiger partial charge >= 0.3 is 0 Å². The van der Waals surface area contributed by atoms with E-state index in [1.807, 2.05) is 23.2 Å². The zero-order chi connectivity index (χ0) is 17.2. The molecule has 2 aromatic rings. The molecule has 0 aliphatic carbocycles. The third-order valence-electron chi connectivity index (χ3n) is 5.62. The van der Waals surface area contributed by atoms with Crippen LogP contribution in [0.5, 0.6) is 0 Å². The lowest BCUT2D eigenvalue weighted by molar-refractivity contribution is -0.132. The van der Waals surface area contributed by atoms with Gasteiger partial charge in [-0.2, -0.15) is 0 Å². The van der Waals surface area contributed by atoms with Crippen LogP contribution in [0.2, 0.25) is 0 Å². The maximum absolute atomic E-state index is 12.7. The largest absolute Gasteiger partial charge is 0.376 e. The molecule has 25 heavy (non-hydrogen) atoms. The molecular weight excluding hydrogens is 314 g/mol. The smallest absolute Gasteiger partial charge is 0.227 e. The van der Waals surface area contributed by atoms with E-state index in [2.05, 4.69) is 28.9 Å². The molecule has 5 nitrogen and oxygen atoms in total. The van der Waals surface area contributed by atoms with Crippen LogP contribution < -0.4 is 0 Å². The van der Waals surface area contributed by atoms with Crippen molar-refractivity contribution in [1.29, 1.82) is 0 Å². The van der Waals surface area contributed by atoms with Gasteiger partial charge in [0.1, 0.15) is 0 Å². The molecule has 1 N–H and O–H groups in total. The van der Waals surface area contributed by atoms with Crippen LogP contribution in [0.15, 0.2) is 30.5 Å². The van der Waals surface area contributed by atoms with Gasteiger partial charge in [-0.1, -0.05) is 18.2 Å². The van der Waals surface area contributed by atoms with Gasteiger partial charge in [-0.3, -0.25) is 9.69 Å². The Labute approximate surface area is 148 Å². The average molecular weight is 341 g/mol. The summed E-state index contributed by atoms with van der Waals surface area (Å²) in [5.41, 5.74) is 2.20. The molecule has 0 spiro atoms. The number of nitrogens with zero attached hydrogens (tertiary/aromatic N) is 2. The monoisotopic (exact) mass is 341 g/mol. The Morgan fingerprint density at radius 2 is 2.04 bits per heavy atom. The van der Waals surface area contributed by atoms with Gasteiger partial charge in [0.2, 0.25) is 5.91 Å². The van der Waals surface area contributed by atoms with Gasteiger partial charge in [0, 0.05) is 49.3 Å². The lowest BCUT2D eigenvalue weighted by Crippen LogP contribution is -2.51. The molecule has 5 heteroatoms. The molecule has 0 unspecified atom stereocenters. The molecule has 4 rings (SSSR count). The molecule has 2 aliphatic rings. The number of rotatable bonds is 3. The Hall–Kier alpha value is -1.85. The molecule has 0 bridgehead atoms. The second-order valence-corrected chi connectivity index (χ2v) is 7.32. The number of aromatic amines is 1. The first-order valence-electron chi connectivity index (χ1n) is 9.39. The highest BCUT2D eigenvalue weighted by Gasteiger charge is 2.29. The number of hydrogen-bond acceptors (Lipinski definition) is 3. The molecule has 134 valence electrons. The highest BCUT2D eigenvalue weighted by Crippen LogP contribution is 2.22. The third kappa shape index (κ3) is 3.58. The van der Waals surface area contributed by atoms with Gasteiger partial charge in [-0.25, -0.2) is 0 Å². The highest BCUT2D eigenvalue weighted by molar-refractivity contribution is 5.88. The van der Waals surface area contributed by atoms with Crippen LogP contribution in [0, 0.1) is 0 Å². The number of benzene rings is 1. The number of ether oxygens (including phenoxy) is 1. The fourth-order valence-electron chi connectivity index (χ4n) is 4.21. The van der Waals surface area contributed by atoms with E-state index in [1.165, 1.54) is 0 Å². The third-order valence-corrected chi connectivity index (χ3v) is 5.62. The van der Waals surface area contributed by atoms with Crippen molar-refractivity contribution in [2.45, 2.75) is 38.3 Å². The Balaban J connectivity index is 1.33. The van der Waals surface area contributed by atoms with Crippen LogP contribution in [0.25, 0.3) is 10.9 Å². The van der Waals surface area contributed by atoms with Crippen molar-refractivity contribution in [3.05, 3.63) is 36.0 Å². The minimum absolute atomic E-state index is 0.249. The minimum Gasteiger partial charge on any atom is -0.376 e. The first-order valence-corrected chi connectivity index (χ1v) is 9.39. The number of aromatic nitrogens is 1. The summed E-state index contributed by atoms with van der Waals surface area (Å²) in [5, 5.41) is 1.16. The maximum Gasteiger partial charge on any atom is 0.227 e. The number of hydrogen-bond donors (Lipinski definition) is 1. The number of carbonyl (C=O) groups excluding carboxylic acids is 1. The molecule has 2 fully saturated rings. The standard InChI is InChI=1S/C20H27N3O2/c1-15-14-23(10-11-25-15)17-6-8-22(9-7-17)20(24)12-16-13-21-19-5-3-2-4-18(16)19/h2-5,13,15,17,21H,6-12,14H2,1H3/t15-/m0/s1. The number of para-hydroxylation sites is 1. The van der Waals surface area contributed by atoms with E-state index in [0.717, 1.165) is 62.1 Å². The first-order chi connectivity index (χ1) is 12.2. The van der Waals surface area contributed by atoms with Crippen molar-refractivity contribution in [3.8, 4) is 0 Å². The van der Waals surface area contributed by atoms with Gasteiger partial charge in [0.05, 0.1) is 19.1 Å². The molecule has 0 saturated carbocycles. The van der Waals surface area contributed by atoms with Gasteiger partial charge in [-0.05, 0) is 31.4 Å². The summed E-state index contributed by atoms with van der Waals surface area (Å²) in [7, 11) is 0. The lowest BCUT2D eigenvalue weighted by atomic mass is 10.0. The zero-order valence-corrected chi connectivity index (χ0v) is 14.9. The maximum atomic E-state index is 12.7.